The average Bonchev–Trinajstić information content (AvgIpc) is 3.25. The SMILES string of the molecule is O=C1NCCC1c1nnc(-c2ncccc2NC2CCCCC2)o1. The summed E-state index contributed by atoms with van der Waals surface area (Å²) in [5.41, 5.74) is 1.57. The summed E-state index contributed by atoms with van der Waals surface area (Å²) in [6.07, 6.45) is 8.58. The number of nitrogens with one attached hydrogen (secondary N) is 2. The Hall–Kier alpha value is -2.44. The molecule has 2 N–H and O–H groups in total. The Kier molecular flexibility index (Phi) is 4.15. The van der Waals surface area contributed by atoms with Crippen LogP contribution in [0.25, 0.3) is 11.6 Å². The Morgan fingerprint density at radius 3 is 2.83 bits per heavy atom. The summed E-state index contributed by atoms with van der Waals surface area (Å²) in [6.45, 7) is 0.652. The van der Waals surface area contributed by atoms with Crippen molar-refractivity contribution in [1.82, 2.24) is 20.5 Å². The van der Waals surface area contributed by atoms with Gasteiger partial charge in [0.1, 0.15) is 5.92 Å². The minimum Gasteiger partial charge on any atom is -0.418 e. The van der Waals surface area contributed by atoms with E-state index in [2.05, 4.69) is 25.8 Å². The molecule has 1 unspecified atom stereocenters. The first-order valence-electron chi connectivity index (χ1n) is 8.64. The van der Waals surface area contributed by atoms with E-state index in [1.807, 2.05) is 12.1 Å². The second-order valence-electron chi connectivity index (χ2n) is 6.46. The minimum absolute atomic E-state index is 0.0493. The summed E-state index contributed by atoms with van der Waals surface area (Å²) in [6, 6.07) is 4.35. The second kappa shape index (κ2) is 6.59. The van der Waals surface area contributed by atoms with Gasteiger partial charge in [0.05, 0.1) is 5.69 Å². The van der Waals surface area contributed by atoms with Crippen LogP contribution < -0.4 is 10.6 Å². The molecule has 2 fully saturated rings. The van der Waals surface area contributed by atoms with E-state index in [0.717, 1.165) is 5.69 Å². The molecule has 1 atom stereocenters. The van der Waals surface area contributed by atoms with Crippen molar-refractivity contribution in [3.63, 3.8) is 0 Å². The summed E-state index contributed by atoms with van der Waals surface area (Å²) in [5.74, 6) is 0.342. The van der Waals surface area contributed by atoms with Crippen LogP contribution in [0.2, 0.25) is 0 Å². The number of aromatic nitrogens is 3. The quantitative estimate of drug-likeness (QED) is 0.896. The molecule has 1 amide bonds. The van der Waals surface area contributed by atoms with Gasteiger partial charge >= 0.3 is 0 Å². The number of nitrogens with zero attached hydrogens (tertiary/aromatic N) is 3. The molecule has 1 saturated carbocycles. The molecule has 3 heterocycles. The Bertz CT molecular complexity index is 723. The van der Waals surface area contributed by atoms with Crippen LogP contribution in [0, 0.1) is 0 Å². The van der Waals surface area contributed by atoms with Gasteiger partial charge in [0.25, 0.3) is 5.89 Å². The van der Waals surface area contributed by atoms with Gasteiger partial charge in [-0.1, -0.05) is 19.3 Å². The van der Waals surface area contributed by atoms with Gasteiger partial charge in [-0.3, -0.25) is 4.79 Å². The molecule has 0 radical (unpaired) electrons. The number of pyridine rings is 1. The molecule has 0 aromatic carbocycles. The Morgan fingerprint density at radius 1 is 1.17 bits per heavy atom. The molecule has 7 heteroatoms. The molecule has 7 nitrogen and oxygen atoms in total. The van der Waals surface area contributed by atoms with Crippen LogP contribution in [0.15, 0.2) is 22.7 Å². The molecule has 1 saturated heterocycles. The molecule has 126 valence electrons. The van der Waals surface area contributed by atoms with Crippen LogP contribution in [0.1, 0.15) is 50.3 Å². The van der Waals surface area contributed by atoms with Crippen molar-refractivity contribution in [2.24, 2.45) is 0 Å². The smallest absolute Gasteiger partial charge is 0.268 e. The van der Waals surface area contributed by atoms with E-state index in [-0.39, 0.29) is 11.8 Å². The highest BCUT2D eigenvalue weighted by atomic mass is 16.4. The van der Waals surface area contributed by atoms with Crippen LogP contribution in [-0.4, -0.2) is 33.7 Å². The van der Waals surface area contributed by atoms with Crippen molar-refractivity contribution in [3.8, 4) is 11.6 Å². The Morgan fingerprint density at radius 2 is 2.04 bits per heavy atom. The zero-order valence-corrected chi connectivity index (χ0v) is 13.5. The highest BCUT2D eigenvalue weighted by Gasteiger charge is 2.31. The number of hydrogen-bond acceptors (Lipinski definition) is 6. The predicted octanol–water partition coefficient (Wildman–Crippen LogP) is 2.48. The van der Waals surface area contributed by atoms with Gasteiger partial charge in [0, 0.05) is 18.8 Å². The standard InChI is InChI=1S/C17H21N5O2/c23-15-12(8-10-19-15)16-21-22-17(24-16)14-13(7-4-9-18-14)20-11-5-2-1-3-6-11/h4,7,9,11-12,20H,1-3,5-6,8,10H2,(H,19,23). The third-order valence-electron chi connectivity index (χ3n) is 4.76. The lowest BCUT2D eigenvalue weighted by Crippen LogP contribution is -2.22. The maximum absolute atomic E-state index is 11.8. The van der Waals surface area contributed by atoms with Crippen LogP contribution in [0.5, 0.6) is 0 Å². The lowest BCUT2D eigenvalue weighted by atomic mass is 9.95. The fraction of sp³-hybridized carbons (Fsp3) is 0.529. The summed E-state index contributed by atoms with van der Waals surface area (Å²) >= 11 is 0. The molecular formula is C17H21N5O2. The molecule has 0 spiro atoms. The van der Waals surface area contributed by atoms with Gasteiger partial charge in [-0.05, 0) is 31.4 Å². The van der Waals surface area contributed by atoms with E-state index in [0.29, 0.717) is 36.5 Å². The van der Waals surface area contributed by atoms with E-state index in [1.54, 1.807) is 6.20 Å². The maximum atomic E-state index is 11.8. The first-order valence-corrected chi connectivity index (χ1v) is 8.64. The number of rotatable bonds is 4. The van der Waals surface area contributed by atoms with E-state index < -0.39 is 0 Å². The molecule has 1 aliphatic carbocycles. The number of carbonyl (C=O) groups excluding carboxylic acids is 1. The molecule has 4 rings (SSSR count). The Balaban J connectivity index is 1.57. The molecule has 1 aliphatic heterocycles. The summed E-state index contributed by atoms with van der Waals surface area (Å²) in [4.78, 5) is 16.2. The second-order valence-corrected chi connectivity index (χ2v) is 6.46. The number of anilines is 1. The van der Waals surface area contributed by atoms with Crippen molar-refractivity contribution in [3.05, 3.63) is 24.2 Å². The van der Waals surface area contributed by atoms with Crippen molar-refractivity contribution >= 4 is 11.6 Å². The van der Waals surface area contributed by atoms with E-state index in [4.69, 9.17) is 4.42 Å². The van der Waals surface area contributed by atoms with Crippen molar-refractivity contribution in [2.75, 3.05) is 11.9 Å². The van der Waals surface area contributed by atoms with Crippen molar-refractivity contribution < 1.29 is 9.21 Å². The molecule has 2 aromatic rings. The zero-order chi connectivity index (χ0) is 16.4. The van der Waals surface area contributed by atoms with Gasteiger partial charge in [-0.2, -0.15) is 0 Å². The third-order valence-corrected chi connectivity index (χ3v) is 4.76. The first kappa shape index (κ1) is 15.1. The fourth-order valence-electron chi connectivity index (χ4n) is 3.46. The van der Waals surface area contributed by atoms with Gasteiger partial charge in [0.2, 0.25) is 11.8 Å². The van der Waals surface area contributed by atoms with Crippen LogP contribution in [0.3, 0.4) is 0 Å². The monoisotopic (exact) mass is 327 g/mol. The topological polar surface area (TPSA) is 92.9 Å². The van der Waals surface area contributed by atoms with Crippen LogP contribution >= 0.6 is 0 Å². The molecule has 2 aromatic heterocycles. The lowest BCUT2D eigenvalue weighted by molar-refractivity contribution is -0.120. The normalized spacial score (nSPS) is 21.7. The highest BCUT2D eigenvalue weighted by molar-refractivity contribution is 5.84. The van der Waals surface area contributed by atoms with Crippen LogP contribution in [-0.2, 0) is 4.79 Å². The average molecular weight is 327 g/mol. The molecule has 2 aliphatic rings. The van der Waals surface area contributed by atoms with Crippen molar-refractivity contribution in [1.29, 1.82) is 0 Å². The highest BCUT2D eigenvalue weighted by Crippen LogP contribution is 2.30. The molecular weight excluding hydrogens is 306 g/mol. The summed E-state index contributed by atoms with van der Waals surface area (Å²) < 4.78 is 5.77. The molecule has 0 bridgehead atoms. The third kappa shape index (κ3) is 2.98. The van der Waals surface area contributed by atoms with E-state index >= 15 is 0 Å². The van der Waals surface area contributed by atoms with Crippen molar-refractivity contribution in [2.45, 2.75) is 50.5 Å². The largest absolute Gasteiger partial charge is 0.418 e. The first-order chi connectivity index (χ1) is 11.8. The predicted molar refractivity (Wildman–Crippen MR) is 88.4 cm³/mol. The zero-order valence-electron chi connectivity index (χ0n) is 13.5. The number of amides is 1. The Labute approximate surface area is 140 Å². The van der Waals surface area contributed by atoms with Gasteiger partial charge < -0.3 is 15.1 Å². The maximum Gasteiger partial charge on any atom is 0.268 e. The van der Waals surface area contributed by atoms with Gasteiger partial charge in [0.15, 0.2) is 5.69 Å². The fourth-order valence-corrected chi connectivity index (χ4v) is 3.46. The number of hydrogen-bond donors (Lipinski definition) is 2. The molecule has 24 heavy (non-hydrogen) atoms. The van der Waals surface area contributed by atoms with Gasteiger partial charge in [-0.25, -0.2) is 4.98 Å². The van der Waals surface area contributed by atoms with E-state index in [9.17, 15) is 4.79 Å². The lowest BCUT2D eigenvalue weighted by Gasteiger charge is -2.24. The summed E-state index contributed by atoms with van der Waals surface area (Å²) in [7, 11) is 0. The summed E-state index contributed by atoms with van der Waals surface area (Å²) in [5, 5.41) is 14.5. The number of carbonyl (C=O) groups is 1. The van der Waals surface area contributed by atoms with Crippen LogP contribution in [0.4, 0.5) is 5.69 Å². The minimum atomic E-state index is -0.343. The van der Waals surface area contributed by atoms with Gasteiger partial charge in [-0.15, -0.1) is 10.2 Å². The van der Waals surface area contributed by atoms with E-state index in [1.165, 1.54) is 32.1 Å².